The second-order valence-corrected chi connectivity index (χ2v) is 6.62. The summed E-state index contributed by atoms with van der Waals surface area (Å²) in [5.74, 6) is 1.13. The smallest absolute Gasteiger partial charge is 0.259 e. The molecular weight excluding hydrogens is 340 g/mol. The number of para-hydroxylation sites is 1. The van der Waals surface area contributed by atoms with Crippen LogP contribution in [0.25, 0.3) is 0 Å². The standard InChI is InChI=1S/C22H20N2O3/c1-15-11-12-18(27-15)14-23-21(25)20-13-17-9-5-6-10-19(17)24(20)22(26)16-7-3-2-4-8-16/h2-12,20H,13-14H2,1H3,(H,23,25)/t20-/m1/s1. The molecule has 0 bridgehead atoms. The second kappa shape index (κ2) is 7.11. The highest BCUT2D eigenvalue weighted by Gasteiger charge is 2.38. The maximum atomic E-state index is 13.1. The molecule has 1 atom stereocenters. The van der Waals surface area contributed by atoms with E-state index in [2.05, 4.69) is 5.32 Å². The normalized spacial score (nSPS) is 15.4. The molecule has 0 aliphatic carbocycles. The summed E-state index contributed by atoms with van der Waals surface area (Å²) in [5, 5.41) is 2.90. The lowest BCUT2D eigenvalue weighted by atomic mass is 10.1. The average Bonchev–Trinajstić information content (AvgIpc) is 3.29. The largest absolute Gasteiger partial charge is 0.465 e. The van der Waals surface area contributed by atoms with Crippen LogP contribution < -0.4 is 10.2 Å². The topological polar surface area (TPSA) is 62.6 Å². The molecule has 2 heterocycles. The maximum Gasteiger partial charge on any atom is 0.259 e. The van der Waals surface area contributed by atoms with Crippen molar-refractivity contribution < 1.29 is 14.0 Å². The first kappa shape index (κ1) is 17.1. The lowest BCUT2D eigenvalue weighted by Gasteiger charge is -2.25. The Balaban J connectivity index is 1.59. The minimum Gasteiger partial charge on any atom is -0.465 e. The molecule has 5 heteroatoms. The summed E-state index contributed by atoms with van der Waals surface area (Å²) in [5.41, 5.74) is 2.35. The number of aryl methyl sites for hydroxylation is 1. The van der Waals surface area contributed by atoms with Crippen molar-refractivity contribution in [1.82, 2.24) is 5.32 Å². The van der Waals surface area contributed by atoms with E-state index in [-0.39, 0.29) is 11.8 Å². The molecule has 136 valence electrons. The van der Waals surface area contributed by atoms with Gasteiger partial charge in [-0.25, -0.2) is 0 Å². The Hall–Kier alpha value is -3.34. The summed E-state index contributed by atoms with van der Waals surface area (Å²) in [6.45, 7) is 2.16. The van der Waals surface area contributed by atoms with Gasteiger partial charge in [0, 0.05) is 17.7 Å². The van der Waals surface area contributed by atoms with E-state index in [0.29, 0.717) is 24.3 Å². The summed E-state index contributed by atoms with van der Waals surface area (Å²) in [7, 11) is 0. The predicted octanol–water partition coefficient (Wildman–Crippen LogP) is 3.48. The number of nitrogens with zero attached hydrogens (tertiary/aromatic N) is 1. The Kier molecular flexibility index (Phi) is 4.50. The highest BCUT2D eigenvalue weighted by atomic mass is 16.3. The first-order valence-electron chi connectivity index (χ1n) is 8.93. The predicted molar refractivity (Wildman–Crippen MR) is 102 cm³/mol. The van der Waals surface area contributed by atoms with E-state index in [1.54, 1.807) is 17.0 Å². The minimum atomic E-state index is -0.578. The molecule has 2 aromatic carbocycles. The number of hydrogen-bond acceptors (Lipinski definition) is 3. The molecule has 0 saturated carbocycles. The number of carbonyl (C=O) groups excluding carboxylic acids is 2. The van der Waals surface area contributed by atoms with Crippen LogP contribution in [0, 0.1) is 6.92 Å². The van der Waals surface area contributed by atoms with Crippen LogP contribution in [0.3, 0.4) is 0 Å². The number of anilines is 1. The van der Waals surface area contributed by atoms with Crippen molar-refractivity contribution >= 4 is 17.5 Å². The van der Waals surface area contributed by atoms with Crippen molar-refractivity contribution in [3.63, 3.8) is 0 Å². The quantitative estimate of drug-likeness (QED) is 0.775. The number of nitrogens with one attached hydrogen (secondary N) is 1. The Bertz CT molecular complexity index is 978. The molecule has 27 heavy (non-hydrogen) atoms. The van der Waals surface area contributed by atoms with Gasteiger partial charge in [0.15, 0.2) is 0 Å². The minimum absolute atomic E-state index is 0.172. The fourth-order valence-electron chi connectivity index (χ4n) is 3.44. The van der Waals surface area contributed by atoms with Gasteiger partial charge in [0.05, 0.1) is 6.54 Å². The van der Waals surface area contributed by atoms with Crippen molar-refractivity contribution in [1.29, 1.82) is 0 Å². The molecule has 0 spiro atoms. The molecule has 0 radical (unpaired) electrons. The van der Waals surface area contributed by atoms with E-state index in [0.717, 1.165) is 17.0 Å². The van der Waals surface area contributed by atoms with Gasteiger partial charge in [0.1, 0.15) is 17.6 Å². The fourth-order valence-corrected chi connectivity index (χ4v) is 3.44. The molecule has 1 aliphatic heterocycles. The number of amides is 2. The number of furan rings is 1. The average molecular weight is 360 g/mol. The zero-order valence-electron chi connectivity index (χ0n) is 15.0. The van der Waals surface area contributed by atoms with Crippen molar-refractivity contribution in [2.24, 2.45) is 0 Å². The Morgan fingerprint density at radius 1 is 1.04 bits per heavy atom. The Morgan fingerprint density at radius 3 is 2.52 bits per heavy atom. The highest BCUT2D eigenvalue weighted by Crippen LogP contribution is 2.33. The number of carbonyl (C=O) groups is 2. The third kappa shape index (κ3) is 3.36. The molecule has 0 fully saturated rings. The van der Waals surface area contributed by atoms with Crippen LogP contribution in [0.5, 0.6) is 0 Å². The third-order valence-corrected chi connectivity index (χ3v) is 4.75. The Morgan fingerprint density at radius 2 is 1.78 bits per heavy atom. The van der Waals surface area contributed by atoms with E-state index in [9.17, 15) is 9.59 Å². The van der Waals surface area contributed by atoms with Gasteiger partial charge in [-0.3, -0.25) is 14.5 Å². The van der Waals surface area contributed by atoms with Gasteiger partial charge < -0.3 is 9.73 Å². The van der Waals surface area contributed by atoms with Gasteiger partial charge in [0.25, 0.3) is 5.91 Å². The fraction of sp³-hybridized carbons (Fsp3) is 0.182. The van der Waals surface area contributed by atoms with Crippen LogP contribution in [-0.2, 0) is 17.8 Å². The molecule has 1 N–H and O–H groups in total. The molecule has 4 rings (SSSR count). The molecule has 0 saturated heterocycles. The number of rotatable bonds is 4. The summed E-state index contributed by atoms with van der Waals surface area (Å²) in [4.78, 5) is 27.6. The maximum absolute atomic E-state index is 13.1. The van der Waals surface area contributed by atoms with Crippen molar-refractivity contribution in [3.05, 3.63) is 89.4 Å². The summed E-state index contributed by atoms with van der Waals surface area (Å²) < 4.78 is 5.51. The zero-order valence-corrected chi connectivity index (χ0v) is 15.0. The second-order valence-electron chi connectivity index (χ2n) is 6.62. The lowest BCUT2D eigenvalue weighted by Crippen LogP contribution is -2.47. The van der Waals surface area contributed by atoms with Gasteiger partial charge in [-0.15, -0.1) is 0 Å². The van der Waals surface area contributed by atoms with E-state index >= 15 is 0 Å². The third-order valence-electron chi connectivity index (χ3n) is 4.75. The van der Waals surface area contributed by atoms with E-state index in [1.807, 2.05) is 61.5 Å². The number of hydrogen-bond donors (Lipinski definition) is 1. The molecule has 5 nitrogen and oxygen atoms in total. The molecule has 2 amide bonds. The van der Waals surface area contributed by atoms with Crippen molar-refractivity contribution in [3.8, 4) is 0 Å². The van der Waals surface area contributed by atoms with Crippen LogP contribution >= 0.6 is 0 Å². The molecule has 1 aromatic heterocycles. The SMILES string of the molecule is Cc1ccc(CNC(=O)[C@H]2Cc3ccccc3N2C(=O)c2ccccc2)o1. The van der Waals surface area contributed by atoms with Gasteiger partial charge in [0.2, 0.25) is 5.91 Å². The number of benzene rings is 2. The van der Waals surface area contributed by atoms with Gasteiger partial charge in [-0.2, -0.15) is 0 Å². The lowest BCUT2D eigenvalue weighted by molar-refractivity contribution is -0.122. The Labute approximate surface area is 157 Å². The van der Waals surface area contributed by atoms with Crippen molar-refractivity contribution in [2.75, 3.05) is 4.90 Å². The van der Waals surface area contributed by atoms with Gasteiger partial charge in [-0.05, 0) is 42.8 Å². The van der Waals surface area contributed by atoms with E-state index in [1.165, 1.54) is 0 Å². The van der Waals surface area contributed by atoms with Crippen molar-refractivity contribution in [2.45, 2.75) is 25.9 Å². The first-order chi connectivity index (χ1) is 13.1. The monoisotopic (exact) mass is 360 g/mol. The molecule has 1 aliphatic rings. The highest BCUT2D eigenvalue weighted by molar-refractivity contribution is 6.11. The van der Waals surface area contributed by atoms with E-state index in [4.69, 9.17) is 4.42 Å². The summed E-state index contributed by atoms with van der Waals surface area (Å²) >= 11 is 0. The van der Waals surface area contributed by atoms with Crippen LogP contribution in [0.4, 0.5) is 5.69 Å². The molecule has 0 unspecified atom stereocenters. The molecule has 3 aromatic rings. The molecular formula is C22H20N2O3. The summed E-state index contributed by atoms with van der Waals surface area (Å²) in [6.07, 6.45) is 0.498. The van der Waals surface area contributed by atoms with Crippen LogP contribution in [0.2, 0.25) is 0 Å². The first-order valence-corrected chi connectivity index (χ1v) is 8.93. The summed E-state index contributed by atoms with van der Waals surface area (Å²) in [6, 6.07) is 19.8. The van der Waals surface area contributed by atoms with Gasteiger partial charge in [-0.1, -0.05) is 36.4 Å². The van der Waals surface area contributed by atoms with Crippen LogP contribution in [0.1, 0.15) is 27.4 Å². The zero-order chi connectivity index (χ0) is 18.8. The van der Waals surface area contributed by atoms with Crippen LogP contribution in [0.15, 0.2) is 71.1 Å². The van der Waals surface area contributed by atoms with E-state index < -0.39 is 6.04 Å². The van der Waals surface area contributed by atoms with Crippen LogP contribution in [-0.4, -0.2) is 17.9 Å². The number of fused-ring (bicyclic) bond motifs is 1. The van der Waals surface area contributed by atoms with Gasteiger partial charge >= 0.3 is 0 Å².